The van der Waals surface area contributed by atoms with Crippen LogP contribution >= 0.6 is 11.3 Å². The van der Waals surface area contributed by atoms with E-state index < -0.39 is 8.07 Å². The Morgan fingerprint density at radius 1 is 0.812 bits per heavy atom. The van der Waals surface area contributed by atoms with Gasteiger partial charge in [-0.15, -0.1) is 59.2 Å². The van der Waals surface area contributed by atoms with E-state index in [0.717, 1.165) is 33.6 Å². The third-order valence-electron chi connectivity index (χ3n) is 8.44. The minimum Gasteiger partial charge on any atom is -0.305 e. The molecule has 0 unspecified atom stereocenters. The van der Waals surface area contributed by atoms with Gasteiger partial charge in [-0.2, -0.15) is 11.3 Å². The molecule has 6 heteroatoms. The summed E-state index contributed by atoms with van der Waals surface area (Å²) >= 11 is 1.77. The number of fused-ring (bicyclic) bond motifs is 3. The van der Waals surface area contributed by atoms with Gasteiger partial charge >= 0.3 is 0 Å². The quantitative estimate of drug-likeness (QED) is 0.127. The van der Waals surface area contributed by atoms with Gasteiger partial charge in [0.1, 0.15) is 5.82 Å². The molecule has 0 aliphatic heterocycles. The van der Waals surface area contributed by atoms with Crippen LogP contribution in [-0.4, -0.2) is 18.0 Å². The van der Waals surface area contributed by atoms with Crippen LogP contribution < -0.4 is 5.19 Å². The first kappa shape index (κ1) is 35.5. The number of hydrogen-bond donors (Lipinski definition) is 0. The predicted octanol–water partition coefficient (Wildman–Crippen LogP) is 11.6. The van der Waals surface area contributed by atoms with Crippen molar-refractivity contribution in [3.63, 3.8) is 0 Å². The van der Waals surface area contributed by atoms with Crippen molar-refractivity contribution in [1.29, 1.82) is 0 Å². The minimum absolute atomic E-state index is 0. The van der Waals surface area contributed by atoms with Crippen LogP contribution in [0.25, 0.3) is 53.8 Å². The maximum atomic E-state index is 13.3. The summed E-state index contributed by atoms with van der Waals surface area (Å²) in [5.74, 6) is 0.320. The van der Waals surface area contributed by atoms with Gasteiger partial charge < -0.3 is 9.97 Å². The van der Waals surface area contributed by atoms with Crippen molar-refractivity contribution in [2.24, 2.45) is 0 Å². The summed E-state index contributed by atoms with van der Waals surface area (Å²) in [6.07, 6.45) is 3.95. The van der Waals surface area contributed by atoms with Gasteiger partial charge in [0.05, 0.1) is 8.07 Å². The zero-order chi connectivity index (χ0) is 33.3. The van der Waals surface area contributed by atoms with Gasteiger partial charge in [0.15, 0.2) is 0 Å². The second-order valence-corrected chi connectivity index (χ2v) is 19.5. The second-order valence-electron chi connectivity index (χ2n) is 13.4. The molecule has 4 aromatic carbocycles. The average molecular weight is 843 g/mol. The van der Waals surface area contributed by atoms with Crippen molar-refractivity contribution in [2.75, 3.05) is 0 Å². The van der Waals surface area contributed by atoms with Gasteiger partial charge in [0.2, 0.25) is 0 Å². The Morgan fingerprint density at radius 2 is 1.56 bits per heavy atom. The molecule has 0 bridgehead atoms. The first-order valence-electron chi connectivity index (χ1n) is 16.0. The van der Waals surface area contributed by atoms with Crippen LogP contribution in [0, 0.1) is 31.8 Å². The number of rotatable bonds is 5. The van der Waals surface area contributed by atoms with E-state index in [2.05, 4.69) is 118 Å². The van der Waals surface area contributed by atoms with Crippen LogP contribution in [0.3, 0.4) is 0 Å². The molecule has 48 heavy (non-hydrogen) atoms. The summed E-state index contributed by atoms with van der Waals surface area (Å²) in [6, 6.07) is 36.3. The Bertz CT molecular complexity index is 2190. The number of aromatic nitrogens is 2. The molecule has 0 saturated carbocycles. The zero-order valence-corrected chi connectivity index (χ0v) is 32.6. The van der Waals surface area contributed by atoms with E-state index in [4.69, 9.17) is 0 Å². The number of pyridine rings is 2. The standard InChI is InChI=1S/C25H17FNS.C17H22NSi.Ir/c1-15-11-12-27-22(13-15)20-9-3-16(2)24-21-10-6-18(14-23(21)28-25(20)24)17-4-7-19(26)8-5-17;1-13(2)15-11-16(14-9-7-6-8-10-14)18-12-17(15)19(3,4)5;/h3-8,10-14H,1-2H3;6-9,11-13H,1-5H3;/q2*-1;. The summed E-state index contributed by atoms with van der Waals surface area (Å²) in [6.45, 7) is 15.9. The monoisotopic (exact) mass is 843 g/mol. The summed E-state index contributed by atoms with van der Waals surface area (Å²) in [7, 11) is -1.34. The summed E-state index contributed by atoms with van der Waals surface area (Å²) in [5.41, 5.74) is 10.1. The molecule has 2 nitrogen and oxygen atoms in total. The van der Waals surface area contributed by atoms with E-state index in [1.54, 1.807) is 11.3 Å². The van der Waals surface area contributed by atoms with E-state index in [9.17, 15) is 4.39 Å². The summed E-state index contributed by atoms with van der Waals surface area (Å²) in [5, 5.41) is 3.98. The maximum absolute atomic E-state index is 13.3. The molecule has 1 radical (unpaired) electrons. The Hall–Kier alpha value is -3.80. The molecule has 0 aliphatic carbocycles. The number of thiophene rings is 1. The summed E-state index contributed by atoms with van der Waals surface area (Å²) < 4.78 is 15.7. The van der Waals surface area contributed by atoms with E-state index in [1.165, 1.54) is 54.2 Å². The first-order chi connectivity index (χ1) is 22.5. The minimum atomic E-state index is -1.34. The number of hydrogen-bond acceptors (Lipinski definition) is 3. The van der Waals surface area contributed by atoms with Gasteiger partial charge in [-0.1, -0.05) is 93.3 Å². The predicted molar refractivity (Wildman–Crippen MR) is 202 cm³/mol. The van der Waals surface area contributed by atoms with Crippen LogP contribution in [0.1, 0.15) is 36.5 Å². The fourth-order valence-corrected chi connectivity index (χ4v) is 8.95. The largest absolute Gasteiger partial charge is 0.305 e. The zero-order valence-electron chi connectivity index (χ0n) is 28.4. The topological polar surface area (TPSA) is 25.8 Å². The van der Waals surface area contributed by atoms with Crippen LogP contribution in [0.4, 0.5) is 4.39 Å². The molecule has 0 saturated heterocycles. The van der Waals surface area contributed by atoms with Gasteiger partial charge in [0, 0.05) is 37.2 Å². The van der Waals surface area contributed by atoms with Crippen LogP contribution in [0.2, 0.25) is 19.6 Å². The smallest absolute Gasteiger partial charge is 0.123 e. The Balaban J connectivity index is 0.000000198. The van der Waals surface area contributed by atoms with Crippen molar-refractivity contribution in [2.45, 2.75) is 53.3 Å². The number of halogens is 1. The third-order valence-corrected chi connectivity index (χ3v) is 11.6. The summed E-state index contributed by atoms with van der Waals surface area (Å²) in [4.78, 5) is 9.23. The molecular formula is C42H39FIrN2SSi-2. The van der Waals surface area contributed by atoms with Crippen molar-refractivity contribution >= 4 is 44.8 Å². The van der Waals surface area contributed by atoms with Crippen molar-refractivity contribution < 1.29 is 24.5 Å². The van der Waals surface area contributed by atoms with Crippen molar-refractivity contribution in [3.05, 3.63) is 138 Å². The SMILES string of the molecule is CC(C)c1cc(-c2[c-]cccc2)ncc1[Si](C)(C)C.Cc1ccnc(-c2[c-]cc(C)c3c2sc2cc(-c4ccc(F)cc4)ccc23)c1.[Ir]. The average Bonchev–Trinajstić information content (AvgIpc) is 3.45. The van der Waals surface area contributed by atoms with Gasteiger partial charge in [-0.3, -0.25) is 0 Å². The maximum Gasteiger partial charge on any atom is 0.123 e. The number of aryl methyl sites for hydroxylation is 2. The molecule has 245 valence electrons. The number of nitrogens with zero attached hydrogens (tertiary/aromatic N) is 2. The third kappa shape index (κ3) is 7.58. The molecule has 0 aliphatic rings. The molecule has 0 amide bonds. The van der Waals surface area contributed by atoms with E-state index in [-0.39, 0.29) is 25.9 Å². The number of benzene rings is 4. The van der Waals surface area contributed by atoms with Gasteiger partial charge in [0.25, 0.3) is 0 Å². The molecule has 0 spiro atoms. The van der Waals surface area contributed by atoms with Crippen molar-refractivity contribution in [1.82, 2.24) is 9.97 Å². The Kier molecular flexibility index (Phi) is 10.9. The van der Waals surface area contributed by atoms with Gasteiger partial charge in [-0.05, 0) is 74.9 Å². The molecule has 0 fully saturated rings. The van der Waals surface area contributed by atoms with Crippen LogP contribution in [0.15, 0.2) is 103 Å². The van der Waals surface area contributed by atoms with Crippen LogP contribution in [-0.2, 0) is 20.1 Å². The van der Waals surface area contributed by atoms with Gasteiger partial charge in [-0.25, -0.2) is 4.39 Å². The molecule has 0 N–H and O–H groups in total. The first-order valence-corrected chi connectivity index (χ1v) is 20.4. The molecular weight excluding hydrogens is 804 g/mol. The van der Waals surface area contributed by atoms with E-state index in [0.29, 0.717) is 5.92 Å². The van der Waals surface area contributed by atoms with Crippen LogP contribution in [0.5, 0.6) is 0 Å². The second kappa shape index (κ2) is 14.8. The molecule has 3 aromatic heterocycles. The Labute approximate surface area is 302 Å². The molecule has 7 aromatic rings. The fraction of sp³-hybridized carbons (Fsp3) is 0.190. The van der Waals surface area contributed by atoms with Crippen molar-refractivity contribution in [3.8, 4) is 33.6 Å². The normalized spacial score (nSPS) is 11.4. The van der Waals surface area contributed by atoms with E-state index >= 15 is 0 Å². The Morgan fingerprint density at radius 3 is 2.23 bits per heavy atom. The molecule has 3 heterocycles. The fourth-order valence-electron chi connectivity index (χ4n) is 5.94. The van der Waals surface area contributed by atoms with E-state index in [1.807, 2.05) is 42.6 Å². The molecule has 7 rings (SSSR count). The molecule has 0 atom stereocenters.